The molecule has 0 unspecified atom stereocenters. The summed E-state index contributed by atoms with van der Waals surface area (Å²) in [6.07, 6.45) is 8.53. The lowest BCUT2D eigenvalue weighted by Gasteiger charge is -2.28. The van der Waals surface area contributed by atoms with Crippen LogP contribution in [0.15, 0.2) is 122 Å². The molecular weight excluding hydrogens is 1380 g/mol. The lowest BCUT2D eigenvalue weighted by atomic mass is 9.99. The second-order valence-electron chi connectivity index (χ2n) is 26.7. The van der Waals surface area contributed by atoms with Crippen LogP contribution in [0.5, 0.6) is 0 Å². The molecule has 34 nitrogen and oxygen atoms in total. The number of rotatable bonds is 45. The van der Waals surface area contributed by atoms with Gasteiger partial charge in [-0.25, -0.2) is 4.79 Å². The van der Waals surface area contributed by atoms with E-state index in [0.717, 1.165) is 10.9 Å². The number of carbonyl (C=O) groups excluding carboxylic acids is 8. The van der Waals surface area contributed by atoms with E-state index in [2.05, 4.69) is 78.4 Å². The van der Waals surface area contributed by atoms with Crippen LogP contribution >= 0.6 is 0 Å². The molecule has 0 radical (unpaired) electrons. The van der Waals surface area contributed by atoms with E-state index in [9.17, 15) is 24.3 Å². The Balaban J connectivity index is 1.13. The highest BCUT2D eigenvalue weighted by Gasteiger charge is 2.37. The number of aliphatic carboxylic acids is 1. The highest BCUT2D eigenvalue weighted by atomic mass is 16.4. The van der Waals surface area contributed by atoms with E-state index in [-0.39, 0.29) is 128 Å². The summed E-state index contributed by atoms with van der Waals surface area (Å²) in [6, 6.07) is 16.6. The SMILES string of the molecule is N=C(N)NCCC[C@H](NC(=O)[C@H](CCCNC(=N)N)NC(=O)[C@H](Cc1c[nH]c2ccccc12)NC(=O)[C@H](Cc1c[nH]c2ccccc12)NC(=O)[C@H](CCCCN)NC(=O)[C@H](Cc1c[nH]c2ccccc12)NC(=O)[C@H](Cc1c[nH]c2ccccc12)NC(=O)[C@H](CCCNC(=N)N)NC(=O)[C@@H](N)CCCCN)C(=O)O. The molecule has 0 saturated heterocycles. The molecule has 0 fully saturated rings. The number of benzene rings is 4. The lowest BCUT2D eigenvalue weighted by molar-refractivity contribution is -0.142. The molecular formula is C74H102N24O10. The summed E-state index contributed by atoms with van der Waals surface area (Å²) in [5.41, 5.74) is 39.8. The standard InChI is InChI=1S/C74H102N24O10/c75-29-11-9-20-50(77)63(99)91-56(26-13-31-84-72(78)79)66(102)96-62(37-45-41-90-54-24-8-4-19-49(45)54)70(106)97-59(34-42-38-87-51-21-5-1-16-46(42)51)67(103)92-55(25-10-12-30-76)65(101)95-61(36-44-40-89-53-23-7-3-18-48(44)53)69(105)98-60(35-43-39-88-52-22-6-2-17-47(43)52)68(104)93-57(27-14-32-85-73(80)81)64(100)94-58(71(107)108)28-15-33-86-74(82)83/h1-8,16-19,21-24,38-41,50,55-62,87-90H,9-15,20,25-37,75-77H2,(H,91,99)(H,92,103)(H,93,104)(H,94,100)(H,95,101)(H,96,102)(H,97,106)(H,98,105)(H,107,108)(H4,78,79,84)(H4,80,81,85)(H4,82,83,86)/t50-,55-,56-,57-,58-,59-,60-,61-,62-/m0/s1. The number of amides is 8. The van der Waals surface area contributed by atoms with Crippen molar-refractivity contribution in [3.63, 3.8) is 0 Å². The summed E-state index contributed by atoms with van der Waals surface area (Å²) < 4.78 is 0. The molecule has 0 bridgehead atoms. The van der Waals surface area contributed by atoms with Crippen LogP contribution in [0, 0.1) is 16.2 Å². The Morgan fingerprint density at radius 3 is 0.861 bits per heavy atom. The zero-order valence-corrected chi connectivity index (χ0v) is 60.2. The predicted molar refractivity (Wildman–Crippen MR) is 412 cm³/mol. The maximum absolute atomic E-state index is 15.6. The molecule has 0 aliphatic heterocycles. The fraction of sp³-hybridized carbons (Fsp3) is 0.405. The largest absolute Gasteiger partial charge is 0.480 e. The van der Waals surface area contributed by atoms with Crippen molar-refractivity contribution in [2.24, 2.45) is 34.4 Å². The van der Waals surface area contributed by atoms with Gasteiger partial charge >= 0.3 is 5.97 Å². The van der Waals surface area contributed by atoms with Gasteiger partial charge in [0.2, 0.25) is 47.3 Å². The predicted octanol–water partition coefficient (Wildman–Crippen LogP) is 0.221. The van der Waals surface area contributed by atoms with Gasteiger partial charge in [-0.2, -0.15) is 0 Å². The zero-order chi connectivity index (χ0) is 77.7. The molecule has 34 heteroatoms. The molecule has 0 aliphatic rings. The van der Waals surface area contributed by atoms with Gasteiger partial charge in [0.05, 0.1) is 6.04 Å². The van der Waals surface area contributed by atoms with Gasteiger partial charge < -0.3 is 118 Å². The third kappa shape index (κ3) is 24.3. The number of aromatic amines is 4. The fourth-order valence-corrected chi connectivity index (χ4v) is 12.9. The smallest absolute Gasteiger partial charge is 0.326 e. The first kappa shape index (κ1) is 81.6. The molecule has 9 atom stereocenters. The van der Waals surface area contributed by atoms with Crippen LogP contribution in [0.4, 0.5) is 0 Å². The summed E-state index contributed by atoms with van der Waals surface area (Å²) >= 11 is 0. The number of hydrogen-bond acceptors (Lipinski definition) is 15. The summed E-state index contributed by atoms with van der Waals surface area (Å²) in [6.45, 7) is 0.966. The molecule has 4 heterocycles. The van der Waals surface area contributed by atoms with Crippen LogP contribution in [0.1, 0.15) is 99.3 Å². The second-order valence-corrected chi connectivity index (χ2v) is 26.7. The van der Waals surface area contributed by atoms with Crippen LogP contribution in [0.25, 0.3) is 43.6 Å². The minimum atomic E-state index is -1.52. The maximum atomic E-state index is 15.6. The van der Waals surface area contributed by atoms with Crippen molar-refractivity contribution in [3.05, 3.63) is 144 Å². The monoisotopic (exact) mass is 1490 g/mol. The Labute approximate surface area is 623 Å². The molecule has 4 aromatic heterocycles. The lowest BCUT2D eigenvalue weighted by Crippen LogP contribution is -2.61. The van der Waals surface area contributed by atoms with Crippen molar-refractivity contribution in [3.8, 4) is 0 Å². The summed E-state index contributed by atoms with van der Waals surface area (Å²) in [5.74, 6) is -8.86. The van der Waals surface area contributed by atoms with Gasteiger partial charge in [0.25, 0.3) is 0 Å². The molecule has 0 spiro atoms. The van der Waals surface area contributed by atoms with Crippen molar-refractivity contribution < 1.29 is 48.3 Å². The number of nitrogens with two attached hydrogens (primary N) is 6. The van der Waals surface area contributed by atoms with Crippen LogP contribution in [-0.2, 0) is 68.8 Å². The van der Waals surface area contributed by atoms with Crippen LogP contribution < -0.4 is 92.9 Å². The van der Waals surface area contributed by atoms with Crippen LogP contribution in [0.3, 0.4) is 0 Å². The Morgan fingerprint density at radius 1 is 0.333 bits per heavy atom. The number of hydrogen-bond donors (Lipinski definition) is 25. The van der Waals surface area contributed by atoms with E-state index in [0.29, 0.717) is 80.8 Å². The number of unbranched alkanes of at least 4 members (excludes halogenated alkanes) is 2. The Bertz CT molecular complexity index is 4410. The second kappa shape index (κ2) is 41.0. The third-order valence-corrected chi connectivity index (χ3v) is 18.6. The van der Waals surface area contributed by atoms with E-state index >= 15 is 24.0 Å². The number of para-hydroxylation sites is 4. The first-order valence-corrected chi connectivity index (χ1v) is 36.3. The summed E-state index contributed by atoms with van der Waals surface area (Å²) in [7, 11) is 0. The molecule has 8 amide bonds. The molecule has 0 aliphatic carbocycles. The van der Waals surface area contributed by atoms with E-state index in [4.69, 9.17) is 50.6 Å². The van der Waals surface area contributed by atoms with Gasteiger partial charge in [-0.15, -0.1) is 0 Å². The molecule has 8 aromatic rings. The first-order chi connectivity index (χ1) is 52.0. The molecule has 108 heavy (non-hydrogen) atoms. The van der Waals surface area contributed by atoms with E-state index in [1.807, 2.05) is 84.9 Å². The highest BCUT2D eigenvalue weighted by Crippen LogP contribution is 2.25. The Morgan fingerprint density at radius 2 is 0.574 bits per heavy atom. The minimum Gasteiger partial charge on any atom is -0.480 e. The summed E-state index contributed by atoms with van der Waals surface area (Å²) in [5, 5.41) is 66.4. The van der Waals surface area contributed by atoms with Gasteiger partial charge in [-0.05, 0) is 130 Å². The number of carbonyl (C=O) groups is 9. The first-order valence-electron chi connectivity index (χ1n) is 36.3. The van der Waals surface area contributed by atoms with Crippen LogP contribution in [-0.4, -0.2) is 183 Å². The van der Waals surface area contributed by atoms with Crippen molar-refractivity contribution in [1.82, 2.24) is 78.4 Å². The van der Waals surface area contributed by atoms with E-state index in [1.165, 1.54) is 0 Å². The fourth-order valence-electron chi connectivity index (χ4n) is 12.9. The topological polar surface area (TPSA) is 597 Å². The minimum absolute atomic E-state index is 0.0197. The van der Waals surface area contributed by atoms with Gasteiger partial charge in [0, 0.05) is 114 Å². The Hall–Kier alpha value is -12.0. The molecule has 4 aromatic carbocycles. The van der Waals surface area contributed by atoms with Gasteiger partial charge in [0.15, 0.2) is 17.9 Å². The third-order valence-electron chi connectivity index (χ3n) is 18.6. The number of carboxylic acids is 1. The molecule has 0 saturated carbocycles. The Kier molecular flexibility index (Phi) is 31.0. The van der Waals surface area contributed by atoms with Crippen LogP contribution in [0.2, 0.25) is 0 Å². The zero-order valence-electron chi connectivity index (χ0n) is 60.2. The number of H-pyrrole nitrogens is 4. The molecule has 31 N–H and O–H groups in total. The highest BCUT2D eigenvalue weighted by molar-refractivity contribution is 6.00. The number of aromatic nitrogens is 4. The van der Waals surface area contributed by atoms with Gasteiger partial charge in [0.1, 0.15) is 48.3 Å². The molecule has 8 rings (SSSR count). The van der Waals surface area contributed by atoms with Crippen molar-refractivity contribution in [2.75, 3.05) is 32.7 Å². The quantitative estimate of drug-likeness (QED) is 0.0138. The van der Waals surface area contributed by atoms with Gasteiger partial charge in [-0.3, -0.25) is 54.6 Å². The van der Waals surface area contributed by atoms with Gasteiger partial charge in [-0.1, -0.05) is 79.2 Å². The number of fused-ring (bicyclic) bond motifs is 4. The number of carboxylic acid groups (broad SMARTS) is 1. The van der Waals surface area contributed by atoms with Crippen molar-refractivity contribution >= 4 is 115 Å². The summed E-state index contributed by atoms with van der Waals surface area (Å²) in [4.78, 5) is 145. The van der Waals surface area contributed by atoms with E-state index in [1.54, 1.807) is 36.9 Å². The molecule has 578 valence electrons. The average molecular weight is 1490 g/mol. The maximum Gasteiger partial charge on any atom is 0.326 e. The average Bonchev–Trinajstić information content (AvgIpc) is 1.67. The normalized spacial score (nSPS) is 13.8. The van der Waals surface area contributed by atoms with E-state index < -0.39 is 108 Å². The van der Waals surface area contributed by atoms with Crippen molar-refractivity contribution in [1.29, 1.82) is 16.2 Å². The van der Waals surface area contributed by atoms with Crippen molar-refractivity contribution in [2.45, 2.75) is 157 Å². The number of nitrogens with one attached hydrogen (secondary N) is 18. The number of guanidine groups is 3.